The lowest BCUT2D eigenvalue weighted by Crippen LogP contribution is -2.37. The maximum Gasteiger partial charge on any atom is 0.308 e. The van der Waals surface area contributed by atoms with Crippen LogP contribution in [0.5, 0.6) is 0 Å². The smallest absolute Gasteiger partial charge is 0.308 e. The summed E-state index contributed by atoms with van der Waals surface area (Å²) in [5.74, 6) is -0.358. The van der Waals surface area contributed by atoms with E-state index in [4.69, 9.17) is 0 Å². The second-order valence-corrected chi connectivity index (χ2v) is 6.51. The molecule has 2 aliphatic heterocycles. The van der Waals surface area contributed by atoms with Crippen LogP contribution in [0.25, 0.3) is 0 Å². The molecule has 2 rings (SSSR count). The molecule has 0 aromatic heterocycles. The van der Waals surface area contributed by atoms with E-state index in [9.17, 15) is 9.90 Å². The first-order chi connectivity index (χ1) is 9.70. The molecule has 2 fully saturated rings. The van der Waals surface area contributed by atoms with Crippen molar-refractivity contribution in [1.29, 1.82) is 0 Å². The predicted octanol–water partition coefficient (Wildman–Crippen LogP) is 0.937. The third-order valence-electron chi connectivity index (χ3n) is 4.94. The van der Waals surface area contributed by atoms with Crippen molar-refractivity contribution >= 4 is 13.8 Å². The fourth-order valence-electron chi connectivity index (χ4n) is 3.65. The molecule has 0 aromatic carbocycles. The lowest BCUT2D eigenvalue weighted by Gasteiger charge is -2.28. The van der Waals surface area contributed by atoms with Gasteiger partial charge in [0.2, 0.25) is 0 Å². The molecule has 1 N–H and O–H groups in total. The minimum atomic E-state index is -0.591. The molecule has 20 heavy (non-hydrogen) atoms. The van der Waals surface area contributed by atoms with Gasteiger partial charge in [-0.3, -0.25) is 4.79 Å². The van der Waals surface area contributed by atoms with Crippen LogP contribution < -0.4 is 0 Å². The van der Waals surface area contributed by atoms with E-state index in [1.807, 2.05) is 0 Å². The number of carbonyl (C=O) groups is 1. The lowest BCUT2D eigenvalue weighted by molar-refractivity contribution is -0.142. The third kappa shape index (κ3) is 4.49. The van der Waals surface area contributed by atoms with Crippen LogP contribution in [-0.4, -0.2) is 68.0 Å². The van der Waals surface area contributed by atoms with Gasteiger partial charge < -0.3 is 14.9 Å². The highest BCUT2D eigenvalue weighted by Gasteiger charge is 2.36. The Kier molecular flexibility index (Phi) is 6.36. The van der Waals surface area contributed by atoms with Crippen molar-refractivity contribution < 1.29 is 9.90 Å². The molecule has 0 spiro atoms. The SMILES string of the molecule is BCCC[C@H]1CN(CCN2CCCCC2)C[C@H]1C(=O)O. The number of rotatable bonds is 7. The number of piperidine rings is 1. The number of aliphatic carboxylic acids is 1. The van der Waals surface area contributed by atoms with Crippen LogP contribution >= 0.6 is 0 Å². The van der Waals surface area contributed by atoms with Crippen LogP contribution in [0.15, 0.2) is 0 Å². The van der Waals surface area contributed by atoms with Crippen LogP contribution in [0.4, 0.5) is 0 Å². The van der Waals surface area contributed by atoms with Crippen molar-refractivity contribution in [2.75, 3.05) is 39.3 Å². The van der Waals surface area contributed by atoms with Gasteiger partial charge in [0.25, 0.3) is 0 Å². The predicted molar refractivity (Wildman–Crippen MR) is 83.9 cm³/mol. The van der Waals surface area contributed by atoms with Gasteiger partial charge in [-0.1, -0.05) is 19.2 Å². The lowest BCUT2D eigenvalue weighted by atomic mass is 9.88. The van der Waals surface area contributed by atoms with E-state index >= 15 is 0 Å². The standard InChI is InChI=1S/C15H29BN2O2/c16-6-4-5-13-11-18(12-14(13)15(19)20)10-9-17-7-2-1-3-8-17/h13-14H,1-12,16H2,(H,19,20)/t13-,14+/m0/s1. The number of carboxylic acid groups (broad SMARTS) is 1. The molecule has 2 aliphatic rings. The van der Waals surface area contributed by atoms with E-state index in [0.717, 1.165) is 45.3 Å². The number of hydrogen-bond donors (Lipinski definition) is 1. The molecular weight excluding hydrogens is 251 g/mol. The molecule has 0 amide bonds. The highest BCUT2D eigenvalue weighted by molar-refractivity contribution is 6.08. The van der Waals surface area contributed by atoms with E-state index < -0.39 is 5.97 Å². The Morgan fingerprint density at radius 2 is 1.80 bits per heavy atom. The van der Waals surface area contributed by atoms with Crippen molar-refractivity contribution in [1.82, 2.24) is 9.80 Å². The van der Waals surface area contributed by atoms with Gasteiger partial charge in [0, 0.05) is 26.2 Å². The fourth-order valence-corrected chi connectivity index (χ4v) is 3.65. The molecular formula is C15H29BN2O2. The van der Waals surface area contributed by atoms with Gasteiger partial charge in [0.05, 0.1) is 5.92 Å². The van der Waals surface area contributed by atoms with Crippen molar-refractivity contribution in [3.8, 4) is 0 Å². The summed E-state index contributed by atoms with van der Waals surface area (Å²) >= 11 is 0. The number of hydrogen-bond acceptors (Lipinski definition) is 3. The Morgan fingerprint density at radius 1 is 1.10 bits per heavy atom. The van der Waals surface area contributed by atoms with Crippen LogP contribution in [0.1, 0.15) is 32.1 Å². The first-order valence-electron chi connectivity index (χ1n) is 8.38. The van der Waals surface area contributed by atoms with Crippen molar-refractivity contribution in [3.05, 3.63) is 0 Å². The summed E-state index contributed by atoms with van der Waals surface area (Å²) in [4.78, 5) is 16.3. The minimum Gasteiger partial charge on any atom is -0.481 e. The largest absolute Gasteiger partial charge is 0.481 e. The van der Waals surface area contributed by atoms with Crippen LogP contribution in [0.2, 0.25) is 6.32 Å². The van der Waals surface area contributed by atoms with Gasteiger partial charge in [-0.2, -0.15) is 0 Å². The molecule has 114 valence electrons. The van der Waals surface area contributed by atoms with E-state index in [1.165, 1.54) is 32.4 Å². The van der Waals surface area contributed by atoms with Crippen LogP contribution in [-0.2, 0) is 4.79 Å². The molecule has 2 atom stereocenters. The zero-order chi connectivity index (χ0) is 14.4. The molecule has 0 bridgehead atoms. The van der Waals surface area contributed by atoms with Crippen molar-refractivity contribution in [2.24, 2.45) is 11.8 Å². The van der Waals surface area contributed by atoms with E-state index in [2.05, 4.69) is 17.6 Å². The summed E-state index contributed by atoms with van der Waals surface area (Å²) < 4.78 is 0. The molecule has 5 heteroatoms. The molecule has 0 saturated carbocycles. The van der Waals surface area contributed by atoms with Gasteiger partial charge in [0.15, 0.2) is 0 Å². The second kappa shape index (κ2) is 8.03. The third-order valence-corrected chi connectivity index (χ3v) is 4.94. The first kappa shape index (κ1) is 15.8. The van der Waals surface area contributed by atoms with Gasteiger partial charge in [0.1, 0.15) is 7.85 Å². The fraction of sp³-hybridized carbons (Fsp3) is 0.933. The normalized spacial score (nSPS) is 28.8. The average molecular weight is 280 g/mol. The maximum atomic E-state index is 11.4. The molecule has 0 unspecified atom stereocenters. The number of carboxylic acids is 1. The summed E-state index contributed by atoms with van der Waals surface area (Å²) in [6, 6.07) is 0. The number of likely N-dealkylation sites (tertiary alicyclic amines) is 2. The Balaban J connectivity index is 1.76. The first-order valence-corrected chi connectivity index (χ1v) is 8.38. The maximum absolute atomic E-state index is 11.4. The Bertz CT molecular complexity index is 308. The summed E-state index contributed by atoms with van der Waals surface area (Å²) in [6.45, 7) is 6.38. The minimum absolute atomic E-state index is 0.136. The summed E-state index contributed by atoms with van der Waals surface area (Å²) in [5, 5.41) is 9.38. The summed E-state index contributed by atoms with van der Waals surface area (Å²) in [6.07, 6.45) is 7.44. The van der Waals surface area contributed by atoms with E-state index in [1.54, 1.807) is 0 Å². The highest BCUT2D eigenvalue weighted by atomic mass is 16.4. The molecule has 0 aromatic rings. The second-order valence-electron chi connectivity index (χ2n) is 6.51. The van der Waals surface area contributed by atoms with Crippen LogP contribution in [0, 0.1) is 11.8 Å². The van der Waals surface area contributed by atoms with Crippen molar-refractivity contribution in [3.63, 3.8) is 0 Å². The van der Waals surface area contributed by atoms with Gasteiger partial charge in [-0.15, -0.1) is 0 Å². The summed E-state index contributed by atoms with van der Waals surface area (Å²) in [5.41, 5.74) is 0. The Hall–Kier alpha value is -0.545. The topological polar surface area (TPSA) is 43.8 Å². The Labute approximate surface area is 123 Å². The van der Waals surface area contributed by atoms with Gasteiger partial charge >= 0.3 is 5.97 Å². The van der Waals surface area contributed by atoms with Crippen LogP contribution in [0.3, 0.4) is 0 Å². The monoisotopic (exact) mass is 280 g/mol. The van der Waals surface area contributed by atoms with E-state index in [0.29, 0.717) is 5.92 Å². The van der Waals surface area contributed by atoms with Crippen molar-refractivity contribution in [2.45, 2.75) is 38.4 Å². The average Bonchev–Trinajstić information content (AvgIpc) is 2.87. The molecule has 0 radical (unpaired) electrons. The Morgan fingerprint density at radius 3 is 2.45 bits per heavy atom. The zero-order valence-electron chi connectivity index (χ0n) is 12.9. The molecule has 2 heterocycles. The number of nitrogens with zero attached hydrogens (tertiary/aromatic N) is 2. The van der Waals surface area contributed by atoms with E-state index in [-0.39, 0.29) is 5.92 Å². The molecule has 4 nitrogen and oxygen atoms in total. The highest BCUT2D eigenvalue weighted by Crippen LogP contribution is 2.28. The van der Waals surface area contributed by atoms with Gasteiger partial charge in [-0.05, 0) is 38.3 Å². The summed E-state index contributed by atoms with van der Waals surface area (Å²) in [7, 11) is 2.18. The van der Waals surface area contributed by atoms with Gasteiger partial charge in [-0.25, -0.2) is 0 Å². The molecule has 2 saturated heterocycles. The zero-order valence-corrected chi connectivity index (χ0v) is 12.9. The quantitative estimate of drug-likeness (QED) is 0.705. The molecule has 0 aliphatic carbocycles.